The van der Waals surface area contributed by atoms with Gasteiger partial charge in [-0.25, -0.2) is 4.39 Å². The number of rotatable bonds is 5. The molecule has 0 N–H and O–H groups in total. The van der Waals surface area contributed by atoms with Crippen LogP contribution in [-0.4, -0.2) is 14.2 Å². The number of benzene rings is 4. The molecule has 0 radical (unpaired) electrons. The van der Waals surface area contributed by atoms with Gasteiger partial charge in [-0.15, -0.1) is 0 Å². The zero-order chi connectivity index (χ0) is 28.7. The van der Waals surface area contributed by atoms with Gasteiger partial charge in [-0.2, -0.15) is 0 Å². The van der Waals surface area contributed by atoms with E-state index < -0.39 is 0 Å². The maximum Gasteiger partial charge on any atom is 0.131 e. The smallest absolute Gasteiger partial charge is 0.131 e. The van der Waals surface area contributed by atoms with E-state index in [1.165, 1.54) is 11.1 Å². The van der Waals surface area contributed by atoms with Gasteiger partial charge in [0.25, 0.3) is 0 Å². The summed E-state index contributed by atoms with van der Waals surface area (Å²) in [5, 5.41) is 0. The highest BCUT2D eigenvalue weighted by atomic mass is 19.1. The summed E-state index contributed by atoms with van der Waals surface area (Å²) in [6.45, 7) is 16.2. The van der Waals surface area contributed by atoms with E-state index in [1.54, 1.807) is 20.3 Å². The normalized spacial score (nSPS) is 9.68. The molecule has 0 bridgehead atoms. The van der Waals surface area contributed by atoms with E-state index in [2.05, 4.69) is 45.0 Å². The third kappa shape index (κ3) is 9.70. The minimum Gasteiger partial charge on any atom is -0.497 e. The molecule has 0 aromatic heterocycles. The summed E-state index contributed by atoms with van der Waals surface area (Å²) in [7, 11) is 3.32. The molecule has 0 unspecified atom stereocenters. The number of halogens is 1. The third-order valence-electron chi connectivity index (χ3n) is 5.76. The fourth-order valence-electron chi connectivity index (χ4n) is 3.58. The van der Waals surface area contributed by atoms with Crippen LogP contribution in [0.4, 0.5) is 4.39 Å². The topological polar surface area (TPSA) is 18.5 Å². The molecule has 0 heterocycles. The maximum atomic E-state index is 14.0. The largest absolute Gasteiger partial charge is 0.497 e. The van der Waals surface area contributed by atoms with E-state index in [9.17, 15) is 4.39 Å². The van der Waals surface area contributed by atoms with Crippen LogP contribution in [0.15, 0.2) is 84.9 Å². The Hall–Kier alpha value is -3.59. The summed E-state index contributed by atoms with van der Waals surface area (Å²) in [5.41, 5.74) is 7.35. The lowest BCUT2D eigenvalue weighted by Crippen LogP contribution is -1.91. The number of ether oxygens (including phenoxy) is 2. The van der Waals surface area contributed by atoms with Crippen LogP contribution in [0.3, 0.4) is 0 Å². The second-order valence-electron chi connectivity index (χ2n) is 8.73. The average molecular weight is 517 g/mol. The monoisotopic (exact) mass is 516 g/mol. The third-order valence-corrected chi connectivity index (χ3v) is 5.76. The molecule has 0 saturated carbocycles. The van der Waals surface area contributed by atoms with Gasteiger partial charge >= 0.3 is 0 Å². The van der Waals surface area contributed by atoms with Gasteiger partial charge in [0, 0.05) is 11.6 Å². The van der Waals surface area contributed by atoms with Gasteiger partial charge in [-0.05, 0) is 60.2 Å². The Morgan fingerprint density at radius 3 is 1.39 bits per heavy atom. The molecule has 4 aromatic rings. The second kappa shape index (κ2) is 17.0. The first-order chi connectivity index (χ1) is 18.3. The summed E-state index contributed by atoms with van der Waals surface area (Å²) in [6, 6.07) is 27.7. The Balaban J connectivity index is 0.000000336. The van der Waals surface area contributed by atoms with E-state index in [4.69, 9.17) is 9.47 Å². The van der Waals surface area contributed by atoms with Crippen molar-refractivity contribution in [3.63, 3.8) is 0 Å². The van der Waals surface area contributed by atoms with Crippen molar-refractivity contribution in [2.24, 2.45) is 0 Å². The Morgan fingerprint density at radius 1 is 0.553 bits per heavy atom. The second-order valence-corrected chi connectivity index (χ2v) is 8.73. The summed E-state index contributed by atoms with van der Waals surface area (Å²) < 4.78 is 24.5. The van der Waals surface area contributed by atoms with E-state index in [1.807, 2.05) is 89.2 Å². The summed E-state index contributed by atoms with van der Waals surface area (Å²) in [4.78, 5) is 0. The van der Waals surface area contributed by atoms with Gasteiger partial charge < -0.3 is 9.47 Å². The van der Waals surface area contributed by atoms with Gasteiger partial charge in [-0.3, -0.25) is 0 Å². The predicted octanol–water partition coefficient (Wildman–Crippen LogP) is 10.7. The van der Waals surface area contributed by atoms with Crippen LogP contribution < -0.4 is 9.47 Å². The first-order valence-corrected chi connectivity index (χ1v) is 13.5. The predicted molar refractivity (Wildman–Crippen MR) is 163 cm³/mol. The molecule has 0 aliphatic rings. The van der Waals surface area contributed by atoms with Crippen LogP contribution in [-0.2, 0) is 0 Å². The summed E-state index contributed by atoms with van der Waals surface area (Å²) >= 11 is 0. The minimum absolute atomic E-state index is 0.139. The van der Waals surface area contributed by atoms with E-state index >= 15 is 0 Å². The molecular formula is C35H45FO2. The quantitative estimate of drug-likeness (QED) is 0.263. The molecule has 0 amide bonds. The molecule has 0 atom stereocenters. The molecule has 0 aliphatic heterocycles. The van der Waals surface area contributed by atoms with Crippen LogP contribution in [0.2, 0.25) is 0 Å². The molecule has 0 spiro atoms. The number of hydrogen-bond acceptors (Lipinski definition) is 2. The molecule has 204 valence electrons. The van der Waals surface area contributed by atoms with Crippen molar-refractivity contribution in [2.75, 3.05) is 14.2 Å². The molecule has 4 rings (SSSR count). The Morgan fingerprint density at radius 2 is 1.00 bits per heavy atom. The standard InChI is InChI=1S/C16H17F.C15H16O2.2C2H6/c1-11(2)14-8-9-15(16(17)10-14)13-6-4-12(3)5-7-13;1-11-4-6-12(7-5-11)13-8-14(16-2)10-15(9-13)17-3;2*1-2/h4-11H,1-3H3;4-10H,1-3H3;2*1-2H3. The van der Waals surface area contributed by atoms with Crippen molar-refractivity contribution in [2.45, 2.75) is 61.3 Å². The summed E-state index contributed by atoms with van der Waals surface area (Å²) in [5.74, 6) is 1.83. The first kappa shape index (κ1) is 32.4. The zero-order valence-electron chi connectivity index (χ0n) is 24.9. The molecule has 3 heteroatoms. The first-order valence-electron chi connectivity index (χ1n) is 13.5. The molecule has 38 heavy (non-hydrogen) atoms. The zero-order valence-corrected chi connectivity index (χ0v) is 24.9. The van der Waals surface area contributed by atoms with Crippen molar-refractivity contribution in [3.8, 4) is 33.8 Å². The van der Waals surface area contributed by atoms with Gasteiger partial charge in [0.1, 0.15) is 17.3 Å². The van der Waals surface area contributed by atoms with Crippen LogP contribution in [0.5, 0.6) is 11.5 Å². The van der Waals surface area contributed by atoms with Crippen molar-refractivity contribution < 1.29 is 13.9 Å². The SMILES string of the molecule is CC.CC.COc1cc(OC)cc(-c2ccc(C)cc2)c1.Cc1ccc(-c2ccc(C(C)C)cc2F)cc1. The number of aryl methyl sites for hydroxylation is 2. The van der Waals surface area contributed by atoms with Gasteiger partial charge in [-0.1, -0.05) is 113 Å². The van der Waals surface area contributed by atoms with Crippen molar-refractivity contribution in [1.82, 2.24) is 0 Å². The van der Waals surface area contributed by atoms with E-state index in [0.29, 0.717) is 11.5 Å². The van der Waals surface area contributed by atoms with Crippen molar-refractivity contribution in [3.05, 3.63) is 107 Å². The minimum atomic E-state index is -0.139. The van der Waals surface area contributed by atoms with E-state index in [0.717, 1.165) is 33.8 Å². The molecular weight excluding hydrogens is 471 g/mol. The molecule has 4 aromatic carbocycles. The fraction of sp³-hybridized carbons (Fsp3) is 0.314. The maximum absolute atomic E-state index is 14.0. The van der Waals surface area contributed by atoms with Crippen LogP contribution in [0.1, 0.15) is 64.2 Å². The van der Waals surface area contributed by atoms with Crippen molar-refractivity contribution >= 4 is 0 Å². The van der Waals surface area contributed by atoms with Crippen LogP contribution in [0, 0.1) is 19.7 Å². The van der Waals surface area contributed by atoms with Gasteiger partial charge in [0.15, 0.2) is 0 Å². The van der Waals surface area contributed by atoms with E-state index in [-0.39, 0.29) is 5.82 Å². The van der Waals surface area contributed by atoms with Crippen molar-refractivity contribution in [1.29, 1.82) is 0 Å². The lowest BCUT2D eigenvalue weighted by molar-refractivity contribution is 0.394. The highest BCUT2D eigenvalue weighted by Crippen LogP contribution is 2.30. The van der Waals surface area contributed by atoms with Crippen LogP contribution >= 0.6 is 0 Å². The lowest BCUT2D eigenvalue weighted by Gasteiger charge is -2.09. The molecule has 0 saturated heterocycles. The number of methoxy groups -OCH3 is 2. The highest BCUT2D eigenvalue weighted by Gasteiger charge is 2.08. The lowest BCUT2D eigenvalue weighted by atomic mass is 9.98. The van der Waals surface area contributed by atoms with Gasteiger partial charge in [0.2, 0.25) is 0 Å². The number of hydrogen-bond donors (Lipinski definition) is 0. The Kier molecular flexibility index (Phi) is 14.5. The highest BCUT2D eigenvalue weighted by molar-refractivity contribution is 5.67. The van der Waals surface area contributed by atoms with Gasteiger partial charge in [0.05, 0.1) is 14.2 Å². The Bertz CT molecular complexity index is 1190. The van der Waals surface area contributed by atoms with Crippen LogP contribution in [0.25, 0.3) is 22.3 Å². The fourth-order valence-corrected chi connectivity index (χ4v) is 3.58. The average Bonchev–Trinajstić information content (AvgIpc) is 2.96. The molecule has 2 nitrogen and oxygen atoms in total. The Labute approximate surface area is 230 Å². The molecule has 0 fully saturated rings. The summed E-state index contributed by atoms with van der Waals surface area (Å²) in [6.07, 6.45) is 0. The molecule has 0 aliphatic carbocycles.